The number of hydrogen-bond donors (Lipinski definition) is 1. The molecule has 144 valence electrons. The summed E-state index contributed by atoms with van der Waals surface area (Å²) in [4.78, 5) is 48.7. The molecule has 1 N–H and O–H groups in total. The van der Waals surface area contributed by atoms with Gasteiger partial charge in [-0.1, -0.05) is 35.9 Å². The molecule has 1 aliphatic rings. The molecular weight excluding hydrogens is 384 g/mol. The Labute approximate surface area is 166 Å². The topological polar surface area (TPSA) is 92.8 Å². The van der Waals surface area contributed by atoms with E-state index in [1.54, 1.807) is 30.3 Å². The Morgan fingerprint density at radius 3 is 2.64 bits per heavy atom. The fourth-order valence-corrected chi connectivity index (χ4v) is 3.03. The van der Waals surface area contributed by atoms with E-state index in [2.05, 4.69) is 5.32 Å². The molecule has 3 rings (SSSR count). The van der Waals surface area contributed by atoms with Crippen molar-refractivity contribution in [3.63, 3.8) is 0 Å². The summed E-state index contributed by atoms with van der Waals surface area (Å²) in [5.41, 5.74) is 1.58. The van der Waals surface area contributed by atoms with Gasteiger partial charge in [0.15, 0.2) is 6.61 Å². The van der Waals surface area contributed by atoms with Gasteiger partial charge in [0.05, 0.1) is 11.3 Å². The average molecular weight is 401 g/mol. The number of benzene rings is 2. The van der Waals surface area contributed by atoms with Crippen LogP contribution in [0.1, 0.15) is 15.9 Å². The number of carbonyl (C=O) groups is 4. The van der Waals surface area contributed by atoms with Gasteiger partial charge in [0.25, 0.3) is 17.6 Å². The van der Waals surface area contributed by atoms with E-state index in [1.807, 2.05) is 12.1 Å². The maximum absolute atomic E-state index is 12.0. The van der Waals surface area contributed by atoms with Crippen molar-refractivity contribution < 1.29 is 23.9 Å². The van der Waals surface area contributed by atoms with Gasteiger partial charge in [-0.2, -0.15) is 0 Å². The summed E-state index contributed by atoms with van der Waals surface area (Å²) in [5, 5.41) is 3.26. The molecule has 7 nitrogen and oxygen atoms in total. The highest BCUT2D eigenvalue weighted by atomic mass is 35.5. The van der Waals surface area contributed by atoms with Crippen molar-refractivity contribution in [1.82, 2.24) is 5.32 Å². The Morgan fingerprint density at radius 2 is 1.86 bits per heavy atom. The molecule has 28 heavy (non-hydrogen) atoms. The fourth-order valence-electron chi connectivity index (χ4n) is 2.82. The van der Waals surface area contributed by atoms with Crippen LogP contribution >= 0.6 is 11.6 Å². The summed E-state index contributed by atoms with van der Waals surface area (Å²) in [6.07, 6.45) is 0.585. The van der Waals surface area contributed by atoms with E-state index < -0.39 is 36.7 Å². The van der Waals surface area contributed by atoms with Gasteiger partial charge in [-0.25, -0.2) is 0 Å². The maximum atomic E-state index is 12.0. The van der Waals surface area contributed by atoms with Crippen molar-refractivity contribution in [2.24, 2.45) is 0 Å². The van der Waals surface area contributed by atoms with Crippen LogP contribution in [0, 0.1) is 0 Å². The van der Waals surface area contributed by atoms with Crippen LogP contribution in [-0.4, -0.2) is 43.3 Å². The van der Waals surface area contributed by atoms with Gasteiger partial charge in [-0.3, -0.25) is 24.1 Å². The third-order valence-electron chi connectivity index (χ3n) is 4.16. The number of ketones is 1. The molecule has 0 radical (unpaired) electrons. The smallest absolute Gasteiger partial charge is 0.326 e. The van der Waals surface area contributed by atoms with Crippen LogP contribution in [0.25, 0.3) is 0 Å². The molecule has 0 aromatic heterocycles. The van der Waals surface area contributed by atoms with Crippen molar-refractivity contribution >= 4 is 40.9 Å². The number of ether oxygens (including phenoxy) is 1. The zero-order valence-electron chi connectivity index (χ0n) is 14.8. The summed E-state index contributed by atoms with van der Waals surface area (Å²) in [5.74, 6) is -2.69. The molecule has 0 saturated heterocycles. The number of anilines is 1. The Kier molecular flexibility index (Phi) is 6.06. The first-order valence-electron chi connectivity index (χ1n) is 8.57. The van der Waals surface area contributed by atoms with Gasteiger partial charge >= 0.3 is 5.97 Å². The van der Waals surface area contributed by atoms with Crippen LogP contribution in [0.15, 0.2) is 48.5 Å². The quantitative estimate of drug-likeness (QED) is 0.565. The van der Waals surface area contributed by atoms with Gasteiger partial charge in [0, 0.05) is 11.6 Å². The van der Waals surface area contributed by atoms with Crippen LogP contribution in [0.3, 0.4) is 0 Å². The minimum atomic E-state index is -0.788. The molecule has 2 aromatic rings. The lowest BCUT2D eigenvalue weighted by Crippen LogP contribution is -2.37. The van der Waals surface area contributed by atoms with Crippen molar-refractivity contribution in [3.8, 4) is 0 Å². The molecule has 1 heterocycles. The second kappa shape index (κ2) is 8.67. The normalized spacial score (nSPS) is 12.7. The molecule has 0 aliphatic carbocycles. The summed E-state index contributed by atoms with van der Waals surface area (Å²) in [7, 11) is 0. The first-order valence-corrected chi connectivity index (χ1v) is 8.95. The molecule has 0 saturated carbocycles. The number of nitrogens with zero attached hydrogens (tertiary/aromatic N) is 1. The number of halogens is 1. The SMILES string of the molecule is O=C(COC(=O)CN1C(=O)C(=O)c2ccccc21)NCCc1cccc(Cl)c1. The minimum Gasteiger partial charge on any atom is -0.454 e. The molecule has 0 unspecified atom stereocenters. The number of fused-ring (bicyclic) bond motifs is 1. The van der Waals surface area contributed by atoms with E-state index in [9.17, 15) is 19.2 Å². The molecule has 0 fully saturated rings. The maximum Gasteiger partial charge on any atom is 0.326 e. The van der Waals surface area contributed by atoms with Crippen LogP contribution in [0.2, 0.25) is 5.02 Å². The first kappa shape index (κ1) is 19.6. The van der Waals surface area contributed by atoms with Gasteiger partial charge in [0.2, 0.25) is 0 Å². The van der Waals surface area contributed by atoms with Crippen molar-refractivity contribution in [1.29, 1.82) is 0 Å². The van der Waals surface area contributed by atoms with E-state index in [-0.39, 0.29) is 5.56 Å². The van der Waals surface area contributed by atoms with Gasteiger partial charge in [0.1, 0.15) is 6.54 Å². The molecule has 2 aromatic carbocycles. The molecule has 2 amide bonds. The Morgan fingerprint density at radius 1 is 1.07 bits per heavy atom. The molecule has 1 aliphatic heterocycles. The standard InChI is InChI=1S/C20H17ClN2O5/c21-14-5-3-4-13(10-14)8-9-22-17(24)12-28-18(25)11-23-16-7-2-1-6-15(16)19(26)20(23)27/h1-7,10H,8-9,11-12H2,(H,22,24). The van der Waals surface area contributed by atoms with Gasteiger partial charge in [-0.15, -0.1) is 0 Å². The number of esters is 1. The lowest BCUT2D eigenvalue weighted by atomic mass is 10.1. The highest BCUT2D eigenvalue weighted by Crippen LogP contribution is 2.28. The van der Waals surface area contributed by atoms with Crippen molar-refractivity contribution in [3.05, 3.63) is 64.7 Å². The van der Waals surface area contributed by atoms with Crippen LogP contribution in [0.4, 0.5) is 5.69 Å². The van der Waals surface area contributed by atoms with Crippen molar-refractivity contribution in [2.45, 2.75) is 6.42 Å². The fraction of sp³-hybridized carbons (Fsp3) is 0.200. The average Bonchev–Trinajstić information content (AvgIpc) is 2.92. The molecule has 0 atom stereocenters. The summed E-state index contributed by atoms with van der Waals surface area (Å²) < 4.78 is 4.91. The Hall–Kier alpha value is -3.19. The molecule has 0 bridgehead atoms. The monoisotopic (exact) mass is 400 g/mol. The largest absolute Gasteiger partial charge is 0.454 e. The van der Waals surface area contributed by atoms with Gasteiger partial charge in [-0.05, 0) is 36.2 Å². The van der Waals surface area contributed by atoms with E-state index in [1.165, 1.54) is 6.07 Å². The zero-order chi connectivity index (χ0) is 20.1. The number of amides is 2. The van der Waals surface area contributed by atoms with E-state index >= 15 is 0 Å². The van der Waals surface area contributed by atoms with E-state index in [0.717, 1.165) is 10.5 Å². The number of rotatable bonds is 7. The van der Waals surface area contributed by atoms with Crippen LogP contribution in [-0.2, 0) is 25.5 Å². The number of Topliss-reactive ketones (excluding diaryl/α,β-unsaturated/α-hetero) is 1. The molecular formula is C20H17ClN2O5. The minimum absolute atomic E-state index is 0.249. The Bertz CT molecular complexity index is 944. The third-order valence-corrected chi connectivity index (χ3v) is 4.39. The second-order valence-electron chi connectivity index (χ2n) is 6.13. The number of para-hydroxylation sites is 1. The lowest BCUT2D eigenvalue weighted by molar-refractivity contribution is -0.147. The van der Waals surface area contributed by atoms with Crippen LogP contribution in [0.5, 0.6) is 0 Å². The molecule has 0 spiro atoms. The van der Waals surface area contributed by atoms with Gasteiger partial charge < -0.3 is 10.1 Å². The highest BCUT2D eigenvalue weighted by Gasteiger charge is 2.36. The summed E-state index contributed by atoms with van der Waals surface area (Å²) in [6, 6.07) is 13.7. The predicted octanol–water partition coefficient (Wildman–Crippen LogP) is 1.77. The summed E-state index contributed by atoms with van der Waals surface area (Å²) in [6.45, 7) is -0.535. The van der Waals surface area contributed by atoms with E-state index in [4.69, 9.17) is 16.3 Å². The van der Waals surface area contributed by atoms with Crippen LogP contribution < -0.4 is 10.2 Å². The number of hydrogen-bond acceptors (Lipinski definition) is 5. The highest BCUT2D eigenvalue weighted by molar-refractivity contribution is 6.52. The summed E-state index contributed by atoms with van der Waals surface area (Å²) >= 11 is 5.90. The number of nitrogens with one attached hydrogen (secondary N) is 1. The predicted molar refractivity (Wildman–Crippen MR) is 102 cm³/mol. The van der Waals surface area contributed by atoms with E-state index in [0.29, 0.717) is 23.7 Å². The zero-order valence-corrected chi connectivity index (χ0v) is 15.6. The van der Waals surface area contributed by atoms with Crippen molar-refractivity contribution in [2.75, 3.05) is 24.6 Å². The molecule has 8 heteroatoms. The number of carbonyl (C=O) groups excluding carboxylic acids is 4. The first-order chi connectivity index (χ1) is 13.5. The third kappa shape index (κ3) is 4.55. The second-order valence-corrected chi connectivity index (χ2v) is 6.56. The lowest BCUT2D eigenvalue weighted by Gasteiger charge is -2.15. The Balaban J connectivity index is 1.44.